The van der Waals surface area contributed by atoms with Gasteiger partial charge in [-0.05, 0) is 0 Å². The third-order valence-corrected chi connectivity index (χ3v) is 3.26. The normalized spacial score (nSPS) is 18.2. The van der Waals surface area contributed by atoms with E-state index in [1.54, 1.807) is 0 Å². The molecule has 0 spiro atoms. The molecule has 0 aliphatic carbocycles. The standard InChI is InChI=1S/C12H14ClN3O5/c13-10-4-7(16(18)19)3-9(11(10)14)12(17)15-5-8-6-20-1-2-21-8/h3-4,8H,1-2,5-6,14H2,(H,15,17). The van der Waals surface area contributed by atoms with Gasteiger partial charge in [0.2, 0.25) is 0 Å². The highest BCUT2D eigenvalue weighted by molar-refractivity contribution is 6.34. The van der Waals surface area contributed by atoms with Crippen molar-refractivity contribution < 1.29 is 19.2 Å². The molecule has 1 fully saturated rings. The Balaban J connectivity index is 2.09. The highest BCUT2D eigenvalue weighted by atomic mass is 35.5. The van der Waals surface area contributed by atoms with E-state index in [0.29, 0.717) is 19.8 Å². The van der Waals surface area contributed by atoms with Crippen molar-refractivity contribution in [1.82, 2.24) is 5.32 Å². The smallest absolute Gasteiger partial charge is 0.271 e. The summed E-state index contributed by atoms with van der Waals surface area (Å²) < 4.78 is 10.6. The van der Waals surface area contributed by atoms with E-state index in [2.05, 4.69) is 5.32 Å². The number of anilines is 1. The molecule has 114 valence electrons. The Bertz CT molecular complexity index is 560. The van der Waals surface area contributed by atoms with E-state index in [0.717, 1.165) is 12.1 Å². The summed E-state index contributed by atoms with van der Waals surface area (Å²) in [5.74, 6) is -0.549. The quantitative estimate of drug-likeness (QED) is 0.486. The van der Waals surface area contributed by atoms with Gasteiger partial charge in [0.1, 0.15) is 0 Å². The molecule has 9 heteroatoms. The Morgan fingerprint density at radius 1 is 1.52 bits per heavy atom. The minimum Gasteiger partial charge on any atom is -0.397 e. The molecule has 8 nitrogen and oxygen atoms in total. The minimum atomic E-state index is -0.639. The summed E-state index contributed by atoms with van der Waals surface area (Å²) in [7, 11) is 0. The van der Waals surface area contributed by atoms with Crippen molar-refractivity contribution in [3.8, 4) is 0 Å². The zero-order valence-corrected chi connectivity index (χ0v) is 11.8. The van der Waals surface area contributed by atoms with E-state index < -0.39 is 10.8 Å². The van der Waals surface area contributed by atoms with Gasteiger partial charge in [0.15, 0.2) is 0 Å². The molecule has 1 amide bonds. The maximum absolute atomic E-state index is 12.1. The van der Waals surface area contributed by atoms with Gasteiger partial charge < -0.3 is 20.5 Å². The molecule has 1 heterocycles. The summed E-state index contributed by atoms with van der Waals surface area (Å²) in [5, 5.41) is 13.3. The van der Waals surface area contributed by atoms with Crippen LogP contribution in [-0.4, -0.2) is 43.3 Å². The van der Waals surface area contributed by atoms with Gasteiger partial charge in [-0.15, -0.1) is 0 Å². The molecule has 1 aromatic rings. The van der Waals surface area contributed by atoms with Crippen molar-refractivity contribution in [3.63, 3.8) is 0 Å². The predicted molar refractivity (Wildman–Crippen MR) is 75.4 cm³/mol. The largest absolute Gasteiger partial charge is 0.397 e. The molecule has 0 radical (unpaired) electrons. The van der Waals surface area contributed by atoms with Crippen LogP contribution in [0.4, 0.5) is 11.4 Å². The van der Waals surface area contributed by atoms with E-state index in [9.17, 15) is 14.9 Å². The number of nitrogens with two attached hydrogens (primary N) is 1. The lowest BCUT2D eigenvalue weighted by atomic mass is 10.1. The van der Waals surface area contributed by atoms with Crippen molar-refractivity contribution in [2.24, 2.45) is 0 Å². The summed E-state index contributed by atoms with van der Waals surface area (Å²) in [5.41, 5.74) is 5.36. The average molecular weight is 316 g/mol. The van der Waals surface area contributed by atoms with Gasteiger partial charge in [0, 0.05) is 18.7 Å². The first-order valence-electron chi connectivity index (χ1n) is 6.20. The van der Waals surface area contributed by atoms with Gasteiger partial charge in [-0.1, -0.05) is 11.6 Å². The molecule has 1 aromatic carbocycles. The lowest BCUT2D eigenvalue weighted by Crippen LogP contribution is -2.39. The second kappa shape index (κ2) is 6.70. The van der Waals surface area contributed by atoms with Crippen LogP contribution < -0.4 is 11.1 Å². The van der Waals surface area contributed by atoms with Crippen molar-refractivity contribution in [2.75, 3.05) is 32.1 Å². The van der Waals surface area contributed by atoms with Gasteiger partial charge in [-0.2, -0.15) is 0 Å². The number of hydrogen-bond donors (Lipinski definition) is 2. The second-order valence-electron chi connectivity index (χ2n) is 4.42. The number of benzene rings is 1. The number of rotatable bonds is 4. The molecule has 1 aliphatic heterocycles. The van der Waals surface area contributed by atoms with Gasteiger partial charge >= 0.3 is 0 Å². The van der Waals surface area contributed by atoms with E-state index >= 15 is 0 Å². The van der Waals surface area contributed by atoms with E-state index in [-0.39, 0.29) is 34.6 Å². The van der Waals surface area contributed by atoms with Crippen LogP contribution in [0, 0.1) is 10.1 Å². The van der Waals surface area contributed by atoms with Gasteiger partial charge in [-0.25, -0.2) is 0 Å². The molecular weight excluding hydrogens is 302 g/mol. The number of nitrogen functional groups attached to an aromatic ring is 1. The Morgan fingerprint density at radius 3 is 2.90 bits per heavy atom. The number of nitro benzene ring substituents is 1. The van der Waals surface area contributed by atoms with Crippen molar-refractivity contribution in [2.45, 2.75) is 6.10 Å². The van der Waals surface area contributed by atoms with E-state index in [1.165, 1.54) is 0 Å². The van der Waals surface area contributed by atoms with Crippen molar-refractivity contribution >= 4 is 28.9 Å². The van der Waals surface area contributed by atoms with E-state index in [1.807, 2.05) is 0 Å². The Labute approximate surface area is 125 Å². The third kappa shape index (κ3) is 3.81. The fourth-order valence-corrected chi connectivity index (χ4v) is 2.07. The minimum absolute atomic E-state index is 0.000536. The summed E-state index contributed by atoms with van der Waals surface area (Å²) in [6.45, 7) is 1.59. The van der Waals surface area contributed by atoms with Crippen LogP contribution in [0.1, 0.15) is 10.4 Å². The van der Waals surface area contributed by atoms with Gasteiger partial charge in [-0.3, -0.25) is 14.9 Å². The van der Waals surface area contributed by atoms with Crippen LogP contribution in [-0.2, 0) is 9.47 Å². The maximum atomic E-state index is 12.1. The number of carbonyl (C=O) groups excluding carboxylic acids is 1. The molecular formula is C12H14ClN3O5. The monoisotopic (exact) mass is 315 g/mol. The number of carbonyl (C=O) groups is 1. The van der Waals surface area contributed by atoms with Crippen molar-refractivity contribution in [3.05, 3.63) is 32.8 Å². The highest BCUT2D eigenvalue weighted by Gasteiger charge is 2.20. The molecule has 2 rings (SSSR count). The van der Waals surface area contributed by atoms with E-state index in [4.69, 9.17) is 26.8 Å². The maximum Gasteiger partial charge on any atom is 0.271 e. The summed E-state index contributed by atoms with van der Waals surface area (Å²) in [6, 6.07) is 2.19. The number of halogens is 1. The van der Waals surface area contributed by atoms with Crippen LogP contribution in [0.2, 0.25) is 5.02 Å². The first-order chi connectivity index (χ1) is 9.99. The molecule has 0 aromatic heterocycles. The first kappa shape index (κ1) is 15.5. The molecule has 1 unspecified atom stereocenters. The molecule has 1 aliphatic rings. The number of nitrogens with one attached hydrogen (secondary N) is 1. The molecule has 21 heavy (non-hydrogen) atoms. The zero-order chi connectivity index (χ0) is 15.4. The molecule has 3 N–H and O–H groups in total. The number of nitrogens with zero attached hydrogens (tertiary/aromatic N) is 1. The van der Waals surface area contributed by atoms with Crippen LogP contribution in [0.5, 0.6) is 0 Å². The number of non-ortho nitro benzene ring substituents is 1. The zero-order valence-electron chi connectivity index (χ0n) is 11.0. The molecule has 1 saturated heterocycles. The Kier molecular flexibility index (Phi) is 4.94. The molecule has 0 bridgehead atoms. The predicted octanol–water partition coefficient (Wildman–Crippen LogP) is 0.976. The average Bonchev–Trinajstić information content (AvgIpc) is 2.48. The van der Waals surface area contributed by atoms with Crippen LogP contribution in [0.15, 0.2) is 12.1 Å². The number of amides is 1. The number of hydrogen-bond acceptors (Lipinski definition) is 6. The van der Waals surface area contributed by atoms with Gasteiger partial charge in [0.05, 0.1) is 47.1 Å². The molecule has 0 saturated carbocycles. The summed E-state index contributed by atoms with van der Waals surface area (Å²) >= 11 is 5.80. The lowest BCUT2D eigenvalue weighted by molar-refractivity contribution is -0.384. The van der Waals surface area contributed by atoms with Crippen LogP contribution in [0.3, 0.4) is 0 Å². The first-order valence-corrected chi connectivity index (χ1v) is 6.57. The second-order valence-corrected chi connectivity index (χ2v) is 4.83. The SMILES string of the molecule is Nc1c(Cl)cc([N+](=O)[O-])cc1C(=O)NCC1COCCO1. The van der Waals surface area contributed by atoms with Crippen LogP contribution in [0.25, 0.3) is 0 Å². The van der Waals surface area contributed by atoms with Crippen molar-refractivity contribution in [1.29, 1.82) is 0 Å². The third-order valence-electron chi connectivity index (χ3n) is 2.95. The lowest BCUT2D eigenvalue weighted by Gasteiger charge is -2.23. The molecule has 1 atom stereocenters. The fraction of sp³-hybridized carbons (Fsp3) is 0.417. The van der Waals surface area contributed by atoms with Gasteiger partial charge in [0.25, 0.3) is 11.6 Å². The fourth-order valence-electron chi connectivity index (χ4n) is 1.85. The summed E-state index contributed by atoms with van der Waals surface area (Å²) in [4.78, 5) is 22.2. The Hall–Kier alpha value is -1.90. The van der Waals surface area contributed by atoms with Crippen LogP contribution >= 0.6 is 11.6 Å². The summed E-state index contributed by atoms with van der Waals surface area (Å²) in [6.07, 6.45) is -0.252. The number of ether oxygens (including phenoxy) is 2. The highest BCUT2D eigenvalue weighted by Crippen LogP contribution is 2.28. The number of nitro groups is 1. The Morgan fingerprint density at radius 2 is 2.29 bits per heavy atom. The topological polar surface area (TPSA) is 117 Å².